The van der Waals surface area contributed by atoms with E-state index in [1.807, 2.05) is 24.3 Å². The van der Waals surface area contributed by atoms with Crippen LogP contribution in [0.3, 0.4) is 0 Å². The number of aromatic nitrogens is 1. The number of thioether (sulfide) groups is 1. The van der Waals surface area contributed by atoms with Crippen LogP contribution in [-0.2, 0) is 12.2 Å². The van der Waals surface area contributed by atoms with Gasteiger partial charge in [0, 0.05) is 22.4 Å². The Morgan fingerprint density at radius 2 is 2.00 bits per heavy atom. The average molecular weight is 410 g/mol. The van der Waals surface area contributed by atoms with Crippen molar-refractivity contribution in [2.75, 3.05) is 6.79 Å². The molecule has 0 unspecified atom stereocenters. The molecule has 7 heteroatoms. The second kappa shape index (κ2) is 7.46. The molecule has 2 heterocycles. The fourth-order valence-electron chi connectivity index (χ4n) is 2.47. The largest absolute Gasteiger partial charge is 0.454 e. The Balaban J connectivity index is 1.41. The van der Waals surface area contributed by atoms with Gasteiger partial charge in [-0.25, -0.2) is 4.98 Å². The summed E-state index contributed by atoms with van der Waals surface area (Å²) in [6.45, 7) is 0.295. The molecule has 0 bridgehead atoms. The smallest absolute Gasteiger partial charge is 0.231 e. The van der Waals surface area contributed by atoms with Crippen LogP contribution in [-0.4, -0.2) is 11.8 Å². The summed E-state index contributed by atoms with van der Waals surface area (Å²) in [6.07, 6.45) is 0.782. The molecule has 1 aliphatic heterocycles. The van der Waals surface area contributed by atoms with Crippen LogP contribution in [0.4, 0.5) is 0 Å². The van der Waals surface area contributed by atoms with E-state index in [0.29, 0.717) is 16.8 Å². The highest BCUT2D eigenvalue weighted by Crippen LogP contribution is 2.35. The first-order valence-corrected chi connectivity index (χ1v) is 10.2. The maximum Gasteiger partial charge on any atom is 0.231 e. The van der Waals surface area contributed by atoms with E-state index in [4.69, 9.17) is 37.7 Å². The van der Waals surface area contributed by atoms with Crippen molar-refractivity contribution >= 4 is 46.3 Å². The van der Waals surface area contributed by atoms with E-state index in [9.17, 15) is 0 Å². The topological polar surface area (TPSA) is 31.4 Å². The number of halogens is 2. The zero-order valence-corrected chi connectivity index (χ0v) is 16.1. The van der Waals surface area contributed by atoms with Crippen LogP contribution in [0.15, 0.2) is 46.7 Å². The summed E-state index contributed by atoms with van der Waals surface area (Å²) >= 11 is 15.6. The molecule has 0 fully saturated rings. The van der Waals surface area contributed by atoms with E-state index < -0.39 is 0 Å². The average Bonchev–Trinajstić information content (AvgIpc) is 3.25. The molecular weight excluding hydrogens is 397 g/mol. The van der Waals surface area contributed by atoms with Crippen molar-refractivity contribution in [1.82, 2.24) is 4.98 Å². The number of nitrogens with zero attached hydrogens (tertiary/aromatic N) is 1. The number of hydrogen-bond donors (Lipinski definition) is 0. The van der Waals surface area contributed by atoms with Gasteiger partial charge in [0.25, 0.3) is 0 Å². The van der Waals surface area contributed by atoms with Gasteiger partial charge in [-0.05, 0) is 29.8 Å². The van der Waals surface area contributed by atoms with E-state index in [2.05, 4.69) is 11.4 Å². The van der Waals surface area contributed by atoms with Gasteiger partial charge in [0.1, 0.15) is 0 Å². The van der Waals surface area contributed by atoms with E-state index in [-0.39, 0.29) is 0 Å². The lowest BCUT2D eigenvalue weighted by atomic mass is 10.1. The second-order valence-corrected chi connectivity index (χ2v) is 8.18. The molecule has 25 heavy (non-hydrogen) atoms. The molecule has 0 atom stereocenters. The van der Waals surface area contributed by atoms with Crippen LogP contribution in [0.5, 0.6) is 11.5 Å². The predicted molar refractivity (Wildman–Crippen MR) is 104 cm³/mol. The fourth-order valence-corrected chi connectivity index (χ4v) is 4.79. The molecule has 0 radical (unpaired) electrons. The first-order valence-electron chi connectivity index (χ1n) is 7.57. The summed E-state index contributed by atoms with van der Waals surface area (Å²) in [7, 11) is 0. The van der Waals surface area contributed by atoms with Gasteiger partial charge in [-0.2, -0.15) is 0 Å². The Kier molecular flexibility index (Phi) is 5.08. The van der Waals surface area contributed by atoms with Gasteiger partial charge in [-0.3, -0.25) is 0 Å². The number of benzene rings is 2. The van der Waals surface area contributed by atoms with Crippen LogP contribution in [0, 0.1) is 0 Å². The Labute approximate surface area is 163 Å². The number of fused-ring (bicyclic) bond motifs is 1. The van der Waals surface area contributed by atoms with Gasteiger partial charge in [0.15, 0.2) is 11.5 Å². The van der Waals surface area contributed by atoms with Crippen molar-refractivity contribution in [1.29, 1.82) is 0 Å². The Morgan fingerprint density at radius 3 is 2.92 bits per heavy atom. The van der Waals surface area contributed by atoms with Crippen molar-refractivity contribution in [2.45, 2.75) is 17.1 Å². The van der Waals surface area contributed by atoms with Crippen LogP contribution in [0.1, 0.15) is 16.3 Å². The van der Waals surface area contributed by atoms with Crippen molar-refractivity contribution in [3.63, 3.8) is 0 Å². The minimum atomic E-state index is 0.295. The highest BCUT2D eigenvalue weighted by Gasteiger charge is 2.14. The van der Waals surface area contributed by atoms with Gasteiger partial charge >= 0.3 is 0 Å². The first-order chi connectivity index (χ1) is 12.2. The number of thiazole rings is 1. The molecule has 0 spiro atoms. The Hall–Kier alpha value is -1.40. The third kappa shape index (κ3) is 3.90. The summed E-state index contributed by atoms with van der Waals surface area (Å²) in [4.78, 5) is 5.69. The maximum absolute atomic E-state index is 6.23. The van der Waals surface area contributed by atoms with Gasteiger partial charge in [0.05, 0.1) is 20.7 Å². The van der Waals surface area contributed by atoms with Crippen LogP contribution in [0.25, 0.3) is 0 Å². The molecule has 1 aliphatic rings. The number of rotatable bonds is 5. The highest BCUT2D eigenvalue weighted by atomic mass is 35.5. The standard InChI is InChI=1S/C18H13Cl2NO2S2/c19-13-2-1-3-16(18(13)20)24-8-12-9-25-17(21-12)7-11-4-5-14-15(6-11)23-10-22-14/h1-6,9H,7-8,10H2. The SMILES string of the molecule is Clc1cccc(SCc2csc(Cc3ccc4c(c3)OCO4)n2)c1Cl. The lowest BCUT2D eigenvalue weighted by molar-refractivity contribution is 0.174. The van der Waals surface area contributed by atoms with Crippen molar-refractivity contribution in [2.24, 2.45) is 0 Å². The molecule has 128 valence electrons. The summed E-state index contributed by atoms with van der Waals surface area (Å²) in [5, 5.41) is 4.35. The second-order valence-electron chi connectivity index (χ2n) is 5.44. The normalized spacial score (nSPS) is 12.6. The molecule has 0 aliphatic carbocycles. The quantitative estimate of drug-likeness (QED) is 0.479. The van der Waals surface area contributed by atoms with Crippen LogP contribution in [0.2, 0.25) is 10.0 Å². The molecule has 0 N–H and O–H groups in total. The molecule has 3 nitrogen and oxygen atoms in total. The van der Waals surface area contributed by atoms with Crippen molar-refractivity contribution in [3.05, 3.63) is 68.1 Å². The molecule has 1 aromatic heterocycles. The van der Waals surface area contributed by atoms with Crippen molar-refractivity contribution in [3.8, 4) is 11.5 Å². The van der Waals surface area contributed by atoms with E-state index in [1.165, 1.54) is 0 Å². The Bertz CT molecular complexity index is 914. The van der Waals surface area contributed by atoms with Crippen LogP contribution < -0.4 is 9.47 Å². The van der Waals surface area contributed by atoms with Crippen molar-refractivity contribution < 1.29 is 9.47 Å². The van der Waals surface area contributed by atoms with Gasteiger partial charge in [-0.15, -0.1) is 23.1 Å². The van der Waals surface area contributed by atoms with Crippen LogP contribution >= 0.6 is 46.3 Å². The van der Waals surface area contributed by atoms with Gasteiger partial charge in [0.2, 0.25) is 6.79 Å². The minimum Gasteiger partial charge on any atom is -0.454 e. The molecule has 2 aromatic carbocycles. The zero-order chi connectivity index (χ0) is 17.2. The molecule has 3 aromatic rings. The fraction of sp³-hybridized carbons (Fsp3) is 0.167. The summed E-state index contributed by atoms with van der Waals surface area (Å²) in [5.74, 6) is 2.37. The first kappa shape index (κ1) is 17.0. The lowest BCUT2D eigenvalue weighted by Gasteiger charge is -2.04. The third-order valence-electron chi connectivity index (χ3n) is 3.68. The highest BCUT2D eigenvalue weighted by molar-refractivity contribution is 7.98. The van der Waals surface area contributed by atoms with Gasteiger partial charge in [-0.1, -0.05) is 35.3 Å². The van der Waals surface area contributed by atoms with Gasteiger partial charge < -0.3 is 9.47 Å². The summed E-state index contributed by atoms with van der Waals surface area (Å²) < 4.78 is 10.8. The maximum atomic E-state index is 6.23. The molecule has 0 saturated carbocycles. The van der Waals surface area contributed by atoms with E-state index >= 15 is 0 Å². The Morgan fingerprint density at radius 1 is 1.12 bits per heavy atom. The molecular formula is C18H13Cl2NO2S2. The minimum absolute atomic E-state index is 0.295. The molecule has 0 amide bonds. The predicted octanol–water partition coefficient (Wildman–Crippen LogP) is 6.06. The number of ether oxygens (including phenoxy) is 2. The summed E-state index contributed by atoms with van der Waals surface area (Å²) in [6, 6.07) is 11.7. The third-order valence-corrected chi connectivity index (χ3v) is 6.60. The molecule has 4 rings (SSSR count). The lowest BCUT2D eigenvalue weighted by Crippen LogP contribution is -1.93. The van der Waals surface area contributed by atoms with E-state index in [0.717, 1.165) is 44.8 Å². The zero-order valence-electron chi connectivity index (χ0n) is 13.0. The summed E-state index contributed by atoms with van der Waals surface area (Å²) in [5.41, 5.74) is 2.21. The van der Waals surface area contributed by atoms with E-state index in [1.54, 1.807) is 29.2 Å². The monoisotopic (exact) mass is 409 g/mol. The molecule has 0 saturated heterocycles. The number of hydrogen-bond acceptors (Lipinski definition) is 5.